The van der Waals surface area contributed by atoms with Crippen LogP contribution in [0.25, 0.3) is 0 Å². The number of thioether (sulfide) groups is 1. The molecule has 1 unspecified atom stereocenters. The van der Waals surface area contributed by atoms with Crippen molar-refractivity contribution in [3.8, 4) is 0 Å². The summed E-state index contributed by atoms with van der Waals surface area (Å²) in [6.07, 6.45) is -4.83. The average Bonchev–Trinajstić information content (AvgIpc) is 2.93. The Morgan fingerprint density at radius 1 is 1.23 bits per heavy atom. The van der Waals surface area contributed by atoms with E-state index < -0.39 is 35.5 Å². The first-order chi connectivity index (χ1) is 14.0. The van der Waals surface area contributed by atoms with E-state index in [9.17, 15) is 27.6 Å². The fourth-order valence-corrected chi connectivity index (χ4v) is 4.11. The third-order valence-electron chi connectivity index (χ3n) is 4.92. The number of nitrogens with one attached hydrogen (secondary N) is 1. The number of benzene rings is 1. The number of Topliss-reactive ketones (excluding diaryl/α,β-unsaturated/α-hetero) is 1. The Morgan fingerprint density at radius 2 is 1.93 bits per heavy atom. The summed E-state index contributed by atoms with van der Waals surface area (Å²) in [4.78, 5) is 37.1. The second kappa shape index (κ2) is 8.17. The van der Waals surface area contributed by atoms with Gasteiger partial charge in [0.2, 0.25) is 11.7 Å². The van der Waals surface area contributed by atoms with Gasteiger partial charge in [-0.1, -0.05) is 0 Å². The molecule has 2 heterocycles. The number of amides is 1. The van der Waals surface area contributed by atoms with Gasteiger partial charge in [0.05, 0.1) is 22.9 Å². The summed E-state index contributed by atoms with van der Waals surface area (Å²) in [5.74, 6) is -1.68. The molecule has 0 radical (unpaired) electrons. The fourth-order valence-electron chi connectivity index (χ4n) is 3.03. The van der Waals surface area contributed by atoms with Crippen molar-refractivity contribution < 1.29 is 32.3 Å². The maximum Gasteiger partial charge on any atom is 0.416 e. The highest BCUT2D eigenvalue weighted by Gasteiger charge is 2.34. The van der Waals surface area contributed by atoms with Crippen LogP contribution in [0, 0.1) is 13.8 Å². The van der Waals surface area contributed by atoms with Gasteiger partial charge in [0, 0.05) is 28.9 Å². The molecule has 1 amide bonds. The zero-order chi connectivity index (χ0) is 22.2. The number of carbonyl (C=O) groups excluding carboxylic acids is 3. The minimum atomic E-state index is -4.52. The van der Waals surface area contributed by atoms with Gasteiger partial charge in [-0.3, -0.25) is 14.4 Å². The molecule has 1 atom stereocenters. The quantitative estimate of drug-likeness (QED) is 0.564. The molecule has 0 bridgehead atoms. The molecule has 1 aromatic carbocycles. The third-order valence-corrected chi connectivity index (χ3v) is 6.19. The highest BCUT2D eigenvalue weighted by Crippen LogP contribution is 2.40. The van der Waals surface area contributed by atoms with Crippen LogP contribution in [-0.2, 0) is 27.5 Å². The van der Waals surface area contributed by atoms with Crippen LogP contribution in [0.15, 0.2) is 29.2 Å². The molecule has 0 aliphatic carbocycles. The Bertz CT molecular complexity index is 1030. The van der Waals surface area contributed by atoms with Crippen LogP contribution in [0.5, 0.6) is 0 Å². The molecule has 1 aliphatic rings. The van der Waals surface area contributed by atoms with Crippen LogP contribution < -0.4 is 5.32 Å². The Balaban J connectivity index is 1.60. The van der Waals surface area contributed by atoms with E-state index >= 15 is 0 Å². The summed E-state index contributed by atoms with van der Waals surface area (Å²) < 4.78 is 45.3. The van der Waals surface area contributed by atoms with Gasteiger partial charge in [0.25, 0.3) is 0 Å². The van der Waals surface area contributed by atoms with Crippen molar-refractivity contribution in [3.05, 3.63) is 46.8 Å². The highest BCUT2D eigenvalue weighted by atomic mass is 32.2. The number of fused-ring (bicyclic) bond motifs is 1. The number of esters is 1. The number of ether oxygens (including phenoxy) is 1. The summed E-state index contributed by atoms with van der Waals surface area (Å²) in [7, 11) is 1.82. The molecule has 1 N–H and O–H groups in total. The molecule has 1 aliphatic heterocycles. The van der Waals surface area contributed by atoms with Crippen molar-refractivity contribution in [3.63, 3.8) is 0 Å². The topological polar surface area (TPSA) is 77.4 Å². The van der Waals surface area contributed by atoms with Gasteiger partial charge in [-0.2, -0.15) is 13.2 Å². The molecule has 160 valence electrons. The predicted octanol–water partition coefficient (Wildman–Crippen LogP) is 3.89. The Hall–Kier alpha value is -2.75. The van der Waals surface area contributed by atoms with Crippen molar-refractivity contribution in [2.24, 2.45) is 7.05 Å². The minimum Gasteiger partial charge on any atom is -0.457 e. The summed E-state index contributed by atoms with van der Waals surface area (Å²) in [5.41, 5.74) is 1.29. The van der Waals surface area contributed by atoms with E-state index in [1.807, 2.05) is 18.5 Å². The SMILES string of the molecule is Cc1cc(C(=O)COC(=O)CC2Sc3ccc(C(F)(F)F)cc3NC2=O)c(C)n1C. The van der Waals surface area contributed by atoms with E-state index in [0.717, 1.165) is 35.3 Å². The summed E-state index contributed by atoms with van der Waals surface area (Å²) in [6, 6.07) is 4.74. The van der Waals surface area contributed by atoms with E-state index in [1.54, 1.807) is 13.0 Å². The molecule has 1 aromatic heterocycles. The number of halogens is 3. The first-order valence-electron chi connectivity index (χ1n) is 8.98. The van der Waals surface area contributed by atoms with Gasteiger partial charge in [-0.25, -0.2) is 0 Å². The molecule has 2 aromatic rings. The molecular formula is C20H19F3N2O4S. The van der Waals surface area contributed by atoms with Gasteiger partial charge in [-0.05, 0) is 38.1 Å². The van der Waals surface area contributed by atoms with Gasteiger partial charge in [0.15, 0.2) is 6.61 Å². The lowest BCUT2D eigenvalue weighted by atomic mass is 10.1. The van der Waals surface area contributed by atoms with Gasteiger partial charge in [0.1, 0.15) is 0 Å². The number of nitrogens with zero attached hydrogens (tertiary/aromatic N) is 1. The van der Waals surface area contributed by atoms with E-state index in [-0.39, 0.29) is 17.9 Å². The van der Waals surface area contributed by atoms with E-state index in [2.05, 4.69) is 5.32 Å². The van der Waals surface area contributed by atoms with Crippen LogP contribution >= 0.6 is 11.8 Å². The number of aryl methyl sites for hydroxylation is 1. The Kier molecular flexibility index (Phi) is 5.98. The van der Waals surface area contributed by atoms with Crippen molar-refractivity contribution >= 4 is 35.1 Å². The molecular weight excluding hydrogens is 421 g/mol. The first-order valence-corrected chi connectivity index (χ1v) is 9.86. The number of ketones is 1. The Labute approximate surface area is 174 Å². The molecule has 0 saturated heterocycles. The number of carbonyl (C=O) groups is 3. The zero-order valence-corrected chi connectivity index (χ0v) is 17.2. The minimum absolute atomic E-state index is 0.0505. The number of hydrogen-bond acceptors (Lipinski definition) is 5. The summed E-state index contributed by atoms with van der Waals surface area (Å²) in [5, 5.41) is 1.53. The van der Waals surface area contributed by atoms with E-state index in [1.165, 1.54) is 6.07 Å². The summed E-state index contributed by atoms with van der Waals surface area (Å²) in [6.45, 7) is 3.19. The van der Waals surface area contributed by atoms with E-state index in [0.29, 0.717) is 10.5 Å². The lowest BCUT2D eigenvalue weighted by Crippen LogP contribution is -2.32. The predicted molar refractivity (Wildman–Crippen MR) is 105 cm³/mol. The number of aromatic nitrogens is 1. The van der Waals surface area contributed by atoms with Gasteiger partial charge in [-0.15, -0.1) is 11.8 Å². The lowest BCUT2D eigenvalue weighted by molar-refractivity contribution is -0.143. The first kappa shape index (κ1) is 21.9. The number of hydrogen-bond donors (Lipinski definition) is 1. The molecule has 30 heavy (non-hydrogen) atoms. The smallest absolute Gasteiger partial charge is 0.416 e. The van der Waals surface area contributed by atoms with Crippen molar-refractivity contribution in [1.29, 1.82) is 0 Å². The van der Waals surface area contributed by atoms with Crippen molar-refractivity contribution in [2.45, 2.75) is 36.6 Å². The normalized spacial score (nSPS) is 16.1. The standard InChI is InChI=1S/C20H19F3N2O4S/c1-10-6-13(11(2)25(10)3)15(26)9-29-18(27)8-17-19(28)24-14-7-12(20(21,22)23)4-5-16(14)30-17/h4-7,17H,8-9H2,1-3H3,(H,24,28). The van der Waals surface area contributed by atoms with Gasteiger partial charge < -0.3 is 14.6 Å². The molecule has 10 heteroatoms. The second-order valence-corrected chi connectivity index (χ2v) is 8.18. The second-order valence-electron chi connectivity index (χ2n) is 6.94. The van der Waals surface area contributed by atoms with Crippen molar-refractivity contribution in [1.82, 2.24) is 4.57 Å². The monoisotopic (exact) mass is 440 g/mol. The third kappa shape index (κ3) is 4.53. The number of alkyl halides is 3. The van der Waals surface area contributed by atoms with Gasteiger partial charge >= 0.3 is 12.1 Å². The average molecular weight is 440 g/mol. The van der Waals surface area contributed by atoms with Crippen LogP contribution in [0.1, 0.15) is 33.7 Å². The molecule has 6 nitrogen and oxygen atoms in total. The summed E-state index contributed by atoms with van der Waals surface area (Å²) >= 11 is 0.983. The highest BCUT2D eigenvalue weighted by molar-refractivity contribution is 8.01. The van der Waals surface area contributed by atoms with E-state index in [4.69, 9.17) is 4.74 Å². The van der Waals surface area contributed by atoms with Crippen LogP contribution in [0.4, 0.5) is 18.9 Å². The molecule has 3 rings (SSSR count). The van der Waals surface area contributed by atoms with Crippen molar-refractivity contribution in [2.75, 3.05) is 11.9 Å². The molecule has 0 fully saturated rings. The Morgan fingerprint density at radius 3 is 2.53 bits per heavy atom. The maximum absolute atomic E-state index is 12.8. The van der Waals surface area contributed by atoms with Crippen LogP contribution in [0.2, 0.25) is 0 Å². The number of rotatable bonds is 5. The molecule has 0 saturated carbocycles. The number of anilines is 1. The molecule has 0 spiro atoms. The largest absolute Gasteiger partial charge is 0.457 e. The maximum atomic E-state index is 12.8. The fraction of sp³-hybridized carbons (Fsp3) is 0.350. The van der Waals surface area contributed by atoms with Crippen LogP contribution in [-0.4, -0.2) is 34.1 Å². The van der Waals surface area contributed by atoms with Crippen LogP contribution in [0.3, 0.4) is 0 Å². The zero-order valence-electron chi connectivity index (χ0n) is 16.4. The lowest BCUT2D eigenvalue weighted by Gasteiger charge is -2.24.